The fourth-order valence-corrected chi connectivity index (χ4v) is 88.2. The zero-order valence-corrected chi connectivity index (χ0v) is 12.7. The van der Waals surface area contributed by atoms with Crippen LogP contribution in [0.1, 0.15) is 0 Å². The molecule has 10 fully saturated rings. The Morgan fingerprint density at radius 2 is 1.15 bits per heavy atom. The van der Waals surface area contributed by atoms with Crippen LogP contribution in [0.3, 0.4) is 0 Å². The second-order valence-corrected chi connectivity index (χ2v) is 34.5. The average Bonchev–Trinajstić information content (AvgIpc) is 3.33. The molecule has 6 nitrogen and oxygen atoms in total. The molecule has 0 aliphatic carbocycles. The number of hydrazine groups is 2. The van der Waals surface area contributed by atoms with Crippen molar-refractivity contribution in [2.45, 2.75) is 48.2 Å². The zero-order valence-electron chi connectivity index (χ0n) is 10.8. The molecule has 0 bridgehead atoms. The third kappa shape index (κ3) is 0.114. The van der Waals surface area contributed by atoms with Gasteiger partial charge in [0.15, 0.2) is 0 Å². The van der Waals surface area contributed by atoms with Crippen molar-refractivity contribution in [1.82, 2.24) is 5.12 Å². The van der Waals surface area contributed by atoms with Crippen molar-refractivity contribution >= 4 is 25.1 Å². The van der Waals surface area contributed by atoms with Crippen LogP contribution in [0.2, 0.25) is 48.2 Å². The van der Waals surface area contributed by atoms with Crippen LogP contribution in [0.5, 0.6) is 0 Å². The Hall–Kier alpha value is -0.331. The fourth-order valence-electron chi connectivity index (χ4n) is 16.0. The molecule has 0 amide bonds. The van der Waals surface area contributed by atoms with Gasteiger partial charge in [-0.1, -0.05) is 0 Å². The standard InChI is InChI=1S/2C5H5.C2H8N6.ClH.Fe/c2*1-2-4-5-3-1;1-6-2(7-3)8(4)5;;/h2*1-5H;1,3-5H2;1H;. The number of halogens is 1. The van der Waals surface area contributed by atoms with Gasteiger partial charge in [-0.2, -0.15) is 0 Å². The second kappa shape index (κ2) is 0.853. The molecule has 10 heterocycles. The molecular formula is C12H19ClFeN6. The maximum absolute atomic E-state index is 4.92. The van der Waals surface area contributed by atoms with Crippen LogP contribution in [0.25, 0.3) is 0 Å². The molecule has 1 spiro atoms. The summed E-state index contributed by atoms with van der Waals surface area (Å²) >= 11 is 0. The van der Waals surface area contributed by atoms with Gasteiger partial charge in [-0.15, -0.1) is 17.5 Å². The van der Waals surface area contributed by atoms with E-state index in [2.05, 4.69) is 16.8 Å². The minimum atomic E-state index is -2.28. The summed E-state index contributed by atoms with van der Waals surface area (Å²) in [5, 5.41) is 3.74. The van der Waals surface area contributed by atoms with E-state index in [1.165, 1.54) is 0 Å². The van der Waals surface area contributed by atoms with Crippen LogP contribution in [0.15, 0.2) is 10.1 Å². The van der Waals surface area contributed by atoms with Crippen LogP contribution in [0, 0.1) is 0 Å². The van der Waals surface area contributed by atoms with Crippen molar-refractivity contribution in [1.29, 1.82) is 0 Å². The third-order valence-corrected chi connectivity index (χ3v) is 57.0. The maximum atomic E-state index is 4.92. The molecule has 20 heavy (non-hydrogen) atoms. The van der Waals surface area contributed by atoms with Crippen LogP contribution >= 0.6 is 12.4 Å². The number of guanidine groups is 1. The van der Waals surface area contributed by atoms with Crippen molar-refractivity contribution in [2.75, 3.05) is 0 Å². The van der Waals surface area contributed by atoms with Gasteiger partial charge in [0.1, 0.15) is 0 Å². The van der Waals surface area contributed by atoms with Gasteiger partial charge in [0, 0.05) is 0 Å². The molecule has 0 aromatic carbocycles. The van der Waals surface area contributed by atoms with Gasteiger partial charge < -0.3 is 5.84 Å². The molecule has 6 N–H and O–H groups in total. The van der Waals surface area contributed by atoms with Gasteiger partial charge in [0.25, 0.3) is 5.96 Å². The zero-order chi connectivity index (χ0) is 12.7. The first-order valence-electron chi connectivity index (χ1n) is 7.14. The molecule has 8 heteroatoms. The first-order valence-corrected chi connectivity index (χ1v) is 13.5. The van der Waals surface area contributed by atoms with Crippen molar-refractivity contribution in [3.8, 4) is 0 Å². The van der Waals surface area contributed by atoms with Crippen molar-refractivity contribution in [3.63, 3.8) is 0 Å². The molecule has 10 aliphatic heterocycles. The molecule has 0 atom stereocenters. The number of nitrogens with zero attached hydrogens (tertiary/aromatic N) is 3. The Bertz CT molecular complexity index is 804. The number of hydrogen-bond acceptors (Lipinski definition) is 4. The Morgan fingerprint density at radius 1 is 0.850 bits per heavy atom. The summed E-state index contributed by atoms with van der Waals surface area (Å²) in [5.74, 6) is 14.6. The van der Waals surface area contributed by atoms with Crippen LogP contribution < -0.4 is 17.5 Å². The first-order chi connectivity index (χ1) is 8.88. The van der Waals surface area contributed by atoms with Crippen molar-refractivity contribution < 1.29 is 6.51 Å². The van der Waals surface area contributed by atoms with Crippen molar-refractivity contribution in [2.24, 2.45) is 27.6 Å². The number of fused-ring (bicyclic) bond motifs is 10. The summed E-state index contributed by atoms with van der Waals surface area (Å²) in [6, 6.07) is 0. The summed E-state index contributed by atoms with van der Waals surface area (Å²) in [6.45, 7) is 0.807. The SMILES string of the molecule is C=NC(=NN)N(N)N.Cl.[CH]12[CH]3[CH]4[CH]5[CH]1[Fe]23451678[CH]2[CH]1[CH]6[CH]7[CH]28. The van der Waals surface area contributed by atoms with E-state index >= 15 is 0 Å². The molecule has 0 aromatic heterocycles. The second-order valence-electron chi connectivity index (χ2n) is 10.6. The summed E-state index contributed by atoms with van der Waals surface area (Å²) in [5.41, 5.74) is 0. The fraction of sp³-hybridized carbons (Fsp3) is 0.833. The predicted molar refractivity (Wildman–Crippen MR) is 76.1 cm³/mol. The number of aliphatic imine (C=N–C) groups is 1. The normalized spacial score (nSPS) is 98.4. The molecule has 10 saturated heterocycles. The molecule has 0 unspecified atom stereocenters. The van der Waals surface area contributed by atoms with E-state index in [1.807, 2.05) is 0 Å². The number of hydrazone groups is 1. The molecule has 0 saturated carbocycles. The Morgan fingerprint density at radius 3 is 1.15 bits per heavy atom. The van der Waals surface area contributed by atoms with Crippen molar-refractivity contribution in [3.05, 3.63) is 0 Å². The van der Waals surface area contributed by atoms with E-state index in [-0.39, 0.29) is 18.4 Å². The molecule has 0 radical (unpaired) electrons. The predicted octanol–water partition coefficient (Wildman–Crippen LogP) is 1.76. The quantitative estimate of drug-likeness (QED) is 0.206. The molecule has 0 aromatic rings. The number of rotatable bonds is 0. The Kier molecular flexibility index (Phi) is 0.411. The van der Waals surface area contributed by atoms with E-state index in [0.717, 1.165) is 0 Å². The first kappa shape index (κ1) is 9.64. The van der Waals surface area contributed by atoms with Crippen LogP contribution in [0.4, 0.5) is 0 Å². The summed E-state index contributed by atoms with van der Waals surface area (Å²) < 4.78 is 0. The van der Waals surface area contributed by atoms with E-state index in [1.54, 1.807) is 48.2 Å². The summed E-state index contributed by atoms with van der Waals surface area (Å²) in [6.07, 6.45) is 0. The molecule has 10 aliphatic rings. The summed E-state index contributed by atoms with van der Waals surface area (Å²) in [7, 11) is 0. The van der Waals surface area contributed by atoms with Gasteiger partial charge in [0.05, 0.1) is 0 Å². The topological polar surface area (TPSA) is 106 Å². The Balaban J connectivity index is 0.0000000842. The minimum absolute atomic E-state index is 0. The van der Waals surface area contributed by atoms with Crippen LogP contribution in [-0.4, -0.2) is 17.8 Å². The van der Waals surface area contributed by atoms with Gasteiger partial charge in [-0.3, -0.25) is 0 Å². The molecule has 112 valence electrons. The number of nitrogens with two attached hydrogens (primary N) is 3. The third-order valence-electron chi connectivity index (χ3n) is 15.0. The van der Waals surface area contributed by atoms with E-state index in [9.17, 15) is 0 Å². The number of hydrogen-bond donors (Lipinski definition) is 3. The Labute approximate surface area is 112 Å². The van der Waals surface area contributed by atoms with Gasteiger partial charge in [0.2, 0.25) is 0 Å². The van der Waals surface area contributed by atoms with E-state index < -0.39 is 6.51 Å². The molecule has 10 rings (SSSR count). The van der Waals surface area contributed by atoms with Gasteiger partial charge in [-0.25, -0.2) is 21.8 Å². The van der Waals surface area contributed by atoms with Gasteiger partial charge in [-0.05, 0) is 6.72 Å². The van der Waals surface area contributed by atoms with Gasteiger partial charge >= 0.3 is 54.7 Å². The average molecular weight is 339 g/mol. The van der Waals surface area contributed by atoms with Crippen LogP contribution in [-0.2, 0) is 6.51 Å². The molecular weight excluding hydrogens is 319 g/mol. The van der Waals surface area contributed by atoms with E-state index in [4.69, 9.17) is 17.5 Å². The monoisotopic (exact) mass is 338 g/mol. The van der Waals surface area contributed by atoms with E-state index in [0.29, 0.717) is 5.12 Å². The summed E-state index contributed by atoms with van der Waals surface area (Å²) in [4.78, 5) is 19.2.